The van der Waals surface area contributed by atoms with E-state index >= 15 is 0 Å². The maximum Gasteiger partial charge on any atom is 0.573 e. The lowest BCUT2D eigenvalue weighted by Gasteiger charge is -2.10. The molecular formula is C17H19BrF3N3O2. The summed E-state index contributed by atoms with van der Waals surface area (Å²) in [6.07, 6.45) is -4.07. The molecule has 0 bridgehead atoms. The van der Waals surface area contributed by atoms with E-state index in [0.717, 1.165) is 11.3 Å². The molecule has 26 heavy (non-hydrogen) atoms. The van der Waals surface area contributed by atoms with E-state index in [4.69, 9.17) is 10.5 Å². The predicted molar refractivity (Wildman–Crippen MR) is 100 cm³/mol. The van der Waals surface area contributed by atoms with Crippen LogP contribution in [0.4, 0.5) is 18.9 Å². The largest absolute Gasteiger partial charge is 0.573 e. The van der Waals surface area contributed by atoms with E-state index in [1.54, 1.807) is 7.11 Å². The number of methoxy groups -OCH3 is 1. The summed E-state index contributed by atoms with van der Waals surface area (Å²) < 4.78 is 45.4. The van der Waals surface area contributed by atoms with Gasteiger partial charge in [-0.05, 0) is 42.3 Å². The average Bonchev–Trinajstić information content (AvgIpc) is 2.56. The van der Waals surface area contributed by atoms with Gasteiger partial charge in [0.1, 0.15) is 11.5 Å². The molecule has 0 unspecified atom stereocenters. The summed E-state index contributed by atoms with van der Waals surface area (Å²) in [6.45, 7) is 0.439. The van der Waals surface area contributed by atoms with Crippen molar-refractivity contribution < 1.29 is 22.6 Å². The standard InChI is InChI=1S/C17H18F3N3O2.BrH/c1-24-15-5-3-2-4-12(15)10-11-22-16(21)23-13-6-8-14(9-7-13)25-17(18,19)20;/h2-9H,10-11H2,1H3,(H3,21,22,23);1H. The van der Waals surface area contributed by atoms with Crippen LogP contribution >= 0.6 is 17.0 Å². The van der Waals surface area contributed by atoms with Gasteiger partial charge in [-0.25, -0.2) is 0 Å². The molecule has 0 aliphatic heterocycles. The second kappa shape index (κ2) is 9.91. The van der Waals surface area contributed by atoms with Crippen LogP contribution in [0, 0.1) is 0 Å². The number of guanidine groups is 1. The first-order chi connectivity index (χ1) is 11.9. The Bertz CT molecular complexity index is 722. The molecule has 142 valence electrons. The van der Waals surface area contributed by atoms with E-state index in [9.17, 15) is 13.2 Å². The van der Waals surface area contributed by atoms with Crippen LogP contribution in [0.1, 0.15) is 5.56 Å². The van der Waals surface area contributed by atoms with E-state index < -0.39 is 6.36 Å². The highest BCUT2D eigenvalue weighted by molar-refractivity contribution is 8.93. The highest BCUT2D eigenvalue weighted by Crippen LogP contribution is 2.24. The quantitative estimate of drug-likeness (QED) is 0.530. The van der Waals surface area contributed by atoms with Gasteiger partial charge in [-0.3, -0.25) is 4.99 Å². The summed E-state index contributed by atoms with van der Waals surface area (Å²) in [6, 6.07) is 12.8. The zero-order valence-corrected chi connectivity index (χ0v) is 15.6. The van der Waals surface area contributed by atoms with Crippen LogP contribution in [0.15, 0.2) is 53.5 Å². The number of anilines is 1. The molecule has 0 amide bonds. The maximum absolute atomic E-state index is 12.1. The second-order valence-corrected chi connectivity index (χ2v) is 5.03. The number of halogens is 4. The highest BCUT2D eigenvalue weighted by atomic mass is 79.9. The predicted octanol–water partition coefficient (Wildman–Crippen LogP) is 4.14. The molecule has 0 heterocycles. The zero-order valence-electron chi connectivity index (χ0n) is 13.9. The van der Waals surface area contributed by atoms with Crippen molar-refractivity contribution in [2.24, 2.45) is 10.7 Å². The molecule has 0 aliphatic rings. The Morgan fingerprint density at radius 2 is 1.77 bits per heavy atom. The van der Waals surface area contributed by atoms with Gasteiger partial charge in [-0.15, -0.1) is 30.2 Å². The van der Waals surface area contributed by atoms with Gasteiger partial charge in [-0.1, -0.05) is 18.2 Å². The molecule has 9 heteroatoms. The SMILES string of the molecule is Br.COc1ccccc1CCN=C(N)Nc1ccc(OC(F)(F)F)cc1. The number of para-hydroxylation sites is 1. The molecule has 0 fully saturated rings. The first-order valence-corrected chi connectivity index (χ1v) is 7.42. The van der Waals surface area contributed by atoms with E-state index in [1.165, 1.54) is 24.3 Å². The monoisotopic (exact) mass is 433 g/mol. The summed E-state index contributed by atoms with van der Waals surface area (Å²) in [5.41, 5.74) is 7.29. The van der Waals surface area contributed by atoms with Gasteiger partial charge < -0.3 is 20.5 Å². The number of hydrogen-bond donors (Lipinski definition) is 2. The first kappa shape index (κ1) is 21.6. The summed E-state index contributed by atoms with van der Waals surface area (Å²) in [7, 11) is 1.60. The first-order valence-electron chi connectivity index (χ1n) is 7.42. The lowest BCUT2D eigenvalue weighted by Crippen LogP contribution is -2.23. The summed E-state index contributed by atoms with van der Waals surface area (Å²) in [4.78, 5) is 4.19. The van der Waals surface area contributed by atoms with Crippen LogP contribution in [0.3, 0.4) is 0 Å². The van der Waals surface area contributed by atoms with E-state index in [-0.39, 0.29) is 28.7 Å². The minimum Gasteiger partial charge on any atom is -0.496 e. The Labute approximate surface area is 159 Å². The number of hydrogen-bond acceptors (Lipinski definition) is 3. The number of nitrogens with one attached hydrogen (secondary N) is 1. The van der Waals surface area contributed by atoms with Crippen LogP contribution in [0.25, 0.3) is 0 Å². The molecule has 3 N–H and O–H groups in total. The number of rotatable bonds is 6. The van der Waals surface area contributed by atoms with Gasteiger partial charge in [-0.2, -0.15) is 0 Å². The van der Waals surface area contributed by atoms with Crippen LogP contribution in [-0.2, 0) is 6.42 Å². The van der Waals surface area contributed by atoms with Gasteiger partial charge >= 0.3 is 6.36 Å². The van der Waals surface area contributed by atoms with Gasteiger partial charge in [0, 0.05) is 12.2 Å². The Hall–Kier alpha value is -2.42. The lowest BCUT2D eigenvalue weighted by atomic mass is 10.1. The summed E-state index contributed by atoms with van der Waals surface area (Å²) in [5.74, 6) is 0.647. The minimum atomic E-state index is -4.71. The van der Waals surface area contributed by atoms with E-state index in [2.05, 4.69) is 15.0 Å². The molecule has 2 aromatic rings. The van der Waals surface area contributed by atoms with Crippen LogP contribution < -0.4 is 20.5 Å². The van der Waals surface area contributed by atoms with Crippen molar-refractivity contribution in [2.75, 3.05) is 19.0 Å². The van der Waals surface area contributed by atoms with Crippen molar-refractivity contribution in [1.82, 2.24) is 0 Å². The van der Waals surface area contributed by atoms with Gasteiger partial charge in [0.25, 0.3) is 0 Å². The molecule has 0 aliphatic carbocycles. The third-order valence-electron chi connectivity index (χ3n) is 3.22. The molecule has 5 nitrogen and oxygen atoms in total. The Balaban J connectivity index is 0.00000338. The molecule has 0 saturated carbocycles. The molecule has 2 rings (SSSR count). The van der Waals surface area contributed by atoms with Crippen molar-refractivity contribution >= 4 is 28.6 Å². The number of nitrogens with zero attached hydrogens (tertiary/aromatic N) is 1. The van der Waals surface area contributed by atoms with Gasteiger partial charge in [0.05, 0.1) is 7.11 Å². The van der Waals surface area contributed by atoms with Crippen LogP contribution in [0.5, 0.6) is 11.5 Å². The van der Waals surface area contributed by atoms with Crippen molar-refractivity contribution in [3.8, 4) is 11.5 Å². The average molecular weight is 434 g/mol. The molecular weight excluding hydrogens is 415 g/mol. The van der Waals surface area contributed by atoms with Crippen molar-refractivity contribution in [2.45, 2.75) is 12.8 Å². The number of benzene rings is 2. The molecule has 0 saturated heterocycles. The number of ether oxygens (including phenoxy) is 2. The summed E-state index contributed by atoms with van der Waals surface area (Å²) >= 11 is 0. The van der Waals surface area contributed by atoms with Crippen molar-refractivity contribution in [1.29, 1.82) is 0 Å². The minimum absolute atomic E-state index is 0. The maximum atomic E-state index is 12.1. The Kier molecular flexibility index (Phi) is 8.24. The fraction of sp³-hybridized carbons (Fsp3) is 0.235. The third kappa shape index (κ3) is 7.22. The van der Waals surface area contributed by atoms with Gasteiger partial charge in [0.2, 0.25) is 0 Å². The van der Waals surface area contributed by atoms with Crippen LogP contribution in [-0.4, -0.2) is 26.0 Å². The lowest BCUT2D eigenvalue weighted by molar-refractivity contribution is -0.274. The van der Waals surface area contributed by atoms with E-state index in [1.807, 2.05) is 24.3 Å². The number of aliphatic imine (C=N–C) groups is 1. The Morgan fingerprint density at radius 1 is 1.12 bits per heavy atom. The molecule has 0 radical (unpaired) electrons. The van der Waals surface area contributed by atoms with Crippen molar-refractivity contribution in [3.63, 3.8) is 0 Å². The topological polar surface area (TPSA) is 68.9 Å². The fourth-order valence-corrected chi connectivity index (χ4v) is 2.13. The van der Waals surface area contributed by atoms with Crippen LogP contribution in [0.2, 0.25) is 0 Å². The van der Waals surface area contributed by atoms with Crippen molar-refractivity contribution in [3.05, 3.63) is 54.1 Å². The fourth-order valence-electron chi connectivity index (χ4n) is 2.13. The third-order valence-corrected chi connectivity index (χ3v) is 3.22. The molecule has 0 atom stereocenters. The molecule has 0 spiro atoms. The normalized spacial score (nSPS) is 11.5. The number of nitrogens with two attached hydrogens (primary N) is 1. The molecule has 0 aromatic heterocycles. The molecule has 2 aromatic carbocycles. The zero-order chi connectivity index (χ0) is 18.3. The summed E-state index contributed by atoms with van der Waals surface area (Å²) in [5, 5.41) is 2.81. The van der Waals surface area contributed by atoms with Gasteiger partial charge in [0.15, 0.2) is 5.96 Å². The highest BCUT2D eigenvalue weighted by Gasteiger charge is 2.30. The second-order valence-electron chi connectivity index (χ2n) is 5.03. The number of alkyl halides is 3. The smallest absolute Gasteiger partial charge is 0.496 e. The Morgan fingerprint density at radius 3 is 2.38 bits per heavy atom. The van der Waals surface area contributed by atoms with E-state index in [0.29, 0.717) is 18.7 Å².